The van der Waals surface area contributed by atoms with Gasteiger partial charge in [-0.2, -0.15) is 9.97 Å². The second-order valence-corrected chi connectivity index (χ2v) is 15.4. The number of anilines is 1. The van der Waals surface area contributed by atoms with E-state index >= 15 is 4.39 Å². The summed E-state index contributed by atoms with van der Waals surface area (Å²) >= 11 is 0. The highest BCUT2D eigenvalue weighted by Crippen LogP contribution is 2.47. The fourth-order valence-corrected chi connectivity index (χ4v) is 8.07. The molecule has 302 valence electrons. The number of likely N-dealkylation sites (tertiary alicyclic amines) is 1. The molecule has 2 atom stereocenters. The summed E-state index contributed by atoms with van der Waals surface area (Å²) < 4.78 is 57.8. The maximum absolute atomic E-state index is 17.0. The fourth-order valence-electron chi connectivity index (χ4n) is 8.07. The van der Waals surface area contributed by atoms with Crippen molar-refractivity contribution in [2.24, 2.45) is 5.41 Å². The number of pyridine rings is 1. The van der Waals surface area contributed by atoms with Crippen molar-refractivity contribution in [1.82, 2.24) is 30.5 Å². The second kappa shape index (κ2) is 17.0. The first-order chi connectivity index (χ1) is 27.6. The van der Waals surface area contributed by atoms with Gasteiger partial charge in [0, 0.05) is 67.2 Å². The number of carbonyl (C=O) groups is 2. The van der Waals surface area contributed by atoms with Gasteiger partial charge in [-0.1, -0.05) is 12.0 Å². The van der Waals surface area contributed by atoms with E-state index in [2.05, 4.69) is 36.3 Å². The van der Waals surface area contributed by atoms with Crippen LogP contribution in [0.15, 0.2) is 24.3 Å². The van der Waals surface area contributed by atoms with Crippen molar-refractivity contribution in [1.29, 1.82) is 0 Å². The maximum atomic E-state index is 17.0. The van der Waals surface area contributed by atoms with E-state index in [9.17, 15) is 18.7 Å². The first-order valence-electron chi connectivity index (χ1n) is 19.2. The zero-order valence-electron chi connectivity index (χ0n) is 31.6. The van der Waals surface area contributed by atoms with E-state index in [0.29, 0.717) is 55.2 Å². The number of rotatable bonds is 10. The molecule has 9 rings (SSSR count). The Morgan fingerprint density at radius 3 is 2.33 bits per heavy atom. The first kappa shape index (κ1) is 39.8. The molecule has 5 aliphatic rings. The summed E-state index contributed by atoms with van der Waals surface area (Å²) in [7, 11) is 1.44. The van der Waals surface area contributed by atoms with Crippen LogP contribution in [0.25, 0.3) is 32.9 Å². The standard InChI is InChI=1S/C36H37F3N6O3.C4H7NO.CH2O2/c1-3-25-27(38)7-4-20-14-24(46)15-26(28(20)25)31-30(39)32-29(34(41-31)47-2)33(45-16-22-5-6-23(17-45)40-22)43-35(42-32)48-19-36(10-11-36)18-44-12-8-21(37)9-13-44;6-3-5-4-1-2-4;2-1-3/h1,4,7,14-15,21-23,40,46H,5-6,8-13,16-19H2,2H3;3-4H,1-2H2,(H,5,6);1H,(H,2,3). The Hall–Kier alpha value is -5.40. The number of alkyl halides is 1. The number of ether oxygens (including phenoxy) is 2. The Kier molecular flexibility index (Phi) is 11.9. The molecule has 2 aliphatic carbocycles. The molecule has 0 radical (unpaired) electrons. The number of hydrogen-bond donors (Lipinski definition) is 4. The Labute approximate surface area is 328 Å². The molecule has 2 aromatic heterocycles. The minimum Gasteiger partial charge on any atom is -0.508 e. The summed E-state index contributed by atoms with van der Waals surface area (Å²) in [6.45, 7) is 3.66. The van der Waals surface area contributed by atoms with Crippen molar-refractivity contribution in [3.8, 4) is 41.2 Å². The number of piperidine rings is 1. The number of nitrogens with zero attached hydrogens (tertiary/aromatic N) is 5. The summed E-state index contributed by atoms with van der Waals surface area (Å²) in [5.41, 5.74) is -0.323. The SMILES string of the molecule is C#Cc1c(F)ccc2cc(O)cc(-c3nc(OC)c4c(N5CC6CCC(C5)N6)nc(OCC5(CN6CCC(F)CC6)CC5)nc4c3F)c12.O=CNC1CC1.O=CO. The number of halogens is 3. The van der Waals surface area contributed by atoms with Crippen LogP contribution in [-0.2, 0) is 9.59 Å². The molecule has 16 heteroatoms. The van der Waals surface area contributed by atoms with Crippen LogP contribution in [0.5, 0.6) is 17.6 Å². The van der Waals surface area contributed by atoms with Gasteiger partial charge in [-0.05, 0) is 75.0 Å². The van der Waals surface area contributed by atoms with E-state index in [0.717, 1.165) is 51.7 Å². The van der Waals surface area contributed by atoms with Crippen LogP contribution < -0.4 is 25.0 Å². The number of amides is 1. The van der Waals surface area contributed by atoms with Crippen molar-refractivity contribution < 1.29 is 42.4 Å². The van der Waals surface area contributed by atoms with Crippen LogP contribution in [0.1, 0.15) is 56.9 Å². The molecule has 0 spiro atoms. The quantitative estimate of drug-likeness (QED) is 0.127. The molecule has 2 unspecified atom stereocenters. The number of piperazine rings is 1. The maximum Gasteiger partial charge on any atom is 0.319 e. The molecule has 3 aliphatic heterocycles. The zero-order valence-corrected chi connectivity index (χ0v) is 31.6. The summed E-state index contributed by atoms with van der Waals surface area (Å²) in [5.74, 6) is 1.31. The van der Waals surface area contributed by atoms with Gasteiger partial charge in [-0.25, -0.2) is 18.2 Å². The third kappa shape index (κ3) is 8.79. The average Bonchev–Trinajstić information content (AvgIpc) is 4.15. The van der Waals surface area contributed by atoms with Gasteiger partial charge in [0.1, 0.15) is 40.2 Å². The monoisotopic (exact) mass is 789 g/mol. The lowest BCUT2D eigenvalue weighted by molar-refractivity contribution is -0.122. The van der Waals surface area contributed by atoms with Crippen LogP contribution in [-0.4, -0.2) is 114 Å². The van der Waals surface area contributed by atoms with E-state index in [4.69, 9.17) is 30.8 Å². The lowest BCUT2D eigenvalue weighted by Gasteiger charge is -2.34. The van der Waals surface area contributed by atoms with Crippen LogP contribution in [0.4, 0.5) is 19.0 Å². The molecule has 5 heterocycles. The smallest absolute Gasteiger partial charge is 0.319 e. The average molecular weight is 790 g/mol. The van der Waals surface area contributed by atoms with Gasteiger partial charge < -0.3 is 40.1 Å². The predicted octanol–water partition coefficient (Wildman–Crippen LogP) is 4.95. The molecule has 57 heavy (non-hydrogen) atoms. The van der Waals surface area contributed by atoms with Crippen molar-refractivity contribution in [3.05, 3.63) is 41.5 Å². The number of methoxy groups -OCH3 is 1. The summed E-state index contributed by atoms with van der Waals surface area (Å²) in [4.78, 5) is 36.4. The van der Waals surface area contributed by atoms with Crippen LogP contribution in [0.2, 0.25) is 0 Å². The van der Waals surface area contributed by atoms with E-state index in [1.165, 1.54) is 44.2 Å². The van der Waals surface area contributed by atoms with E-state index in [1.807, 2.05) is 0 Å². The van der Waals surface area contributed by atoms with Crippen molar-refractivity contribution in [3.63, 3.8) is 0 Å². The highest BCUT2D eigenvalue weighted by molar-refractivity contribution is 6.04. The molecule has 13 nitrogen and oxygen atoms in total. The number of benzene rings is 2. The Bertz CT molecular complexity index is 2160. The molecule has 5 fully saturated rings. The Morgan fingerprint density at radius 2 is 1.74 bits per heavy atom. The minimum atomic E-state index is -0.799. The lowest BCUT2D eigenvalue weighted by Crippen LogP contribution is -2.51. The minimum absolute atomic E-state index is 0.0337. The molecule has 2 saturated carbocycles. The number of phenolic OH excluding ortho intramolecular Hbond substituents is 1. The molecule has 4 aromatic rings. The number of nitrogens with one attached hydrogen (secondary N) is 2. The van der Waals surface area contributed by atoms with Gasteiger partial charge >= 0.3 is 6.01 Å². The number of hydrogen-bond acceptors (Lipinski definition) is 11. The van der Waals surface area contributed by atoms with Gasteiger partial charge in [0.25, 0.3) is 6.47 Å². The highest BCUT2D eigenvalue weighted by atomic mass is 19.1. The van der Waals surface area contributed by atoms with Gasteiger partial charge in [0.2, 0.25) is 12.3 Å². The lowest BCUT2D eigenvalue weighted by atomic mass is 9.95. The molecular weight excluding hydrogens is 743 g/mol. The number of fused-ring (bicyclic) bond motifs is 4. The van der Waals surface area contributed by atoms with Gasteiger partial charge in [-0.3, -0.25) is 9.59 Å². The van der Waals surface area contributed by atoms with Crippen LogP contribution in [0, 0.1) is 29.4 Å². The van der Waals surface area contributed by atoms with Crippen LogP contribution in [0.3, 0.4) is 0 Å². The molecule has 2 aromatic carbocycles. The second-order valence-electron chi connectivity index (χ2n) is 15.4. The van der Waals surface area contributed by atoms with Crippen LogP contribution >= 0.6 is 0 Å². The third-order valence-electron chi connectivity index (χ3n) is 11.3. The number of carboxylic acid groups (broad SMARTS) is 1. The number of terminal acetylenes is 1. The van der Waals surface area contributed by atoms with Gasteiger partial charge in [0.15, 0.2) is 5.82 Å². The molecule has 4 N–H and O–H groups in total. The zero-order chi connectivity index (χ0) is 40.3. The van der Waals surface area contributed by atoms with E-state index in [-0.39, 0.29) is 69.3 Å². The van der Waals surface area contributed by atoms with Gasteiger partial charge in [-0.15, -0.1) is 6.42 Å². The normalized spacial score (nSPS) is 21.1. The largest absolute Gasteiger partial charge is 0.508 e. The third-order valence-corrected chi connectivity index (χ3v) is 11.3. The van der Waals surface area contributed by atoms with E-state index in [1.54, 1.807) is 0 Å². The fraction of sp³-hybridized carbons (Fsp3) is 0.488. The Balaban J connectivity index is 0.000000493. The predicted molar refractivity (Wildman–Crippen MR) is 207 cm³/mol. The summed E-state index contributed by atoms with van der Waals surface area (Å²) in [5, 5.41) is 24.7. The molecule has 2 bridgehead atoms. The molecule has 3 saturated heterocycles. The number of carbonyl (C=O) groups excluding carboxylic acids is 1. The first-order valence-corrected chi connectivity index (χ1v) is 19.2. The van der Waals surface area contributed by atoms with Crippen molar-refractivity contribution >= 4 is 40.4 Å². The molecular formula is C41H46F3N7O6. The van der Waals surface area contributed by atoms with E-state index < -0.39 is 17.8 Å². The molecule has 1 amide bonds. The number of aromatic nitrogens is 3. The Morgan fingerprint density at radius 1 is 1.04 bits per heavy atom. The number of phenols is 1. The highest BCUT2D eigenvalue weighted by Gasteiger charge is 2.45. The van der Waals surface area contributed by atoms with Crippen molar-refractivity contribution in [2.75, 3.05) is 51.3 Å². The number of aromatic hydroxyl groups is 1. The van der Waals surface area contributed by atoms with Gasteiger partial charge in [0.05, 0.1) is 19.3 Å². The summed E-state index contributed by atoms with van der Waals surface area (Å²) in [6, 6.07) is 6.53. The summed E-state index contributed by atoms with van der Waals surface area (Å²) in [6.07, 6.45) is 13.2. The van der Waals surface area contributed by atoms with Crippen molar-refractivity contribution in [2.45, 2.75) is 75.7 Å². The topological polar surface area (TPSA) is 162 Å².